The Kier molecular flexibility index (Phi) is 5.54. The lowest BCUT2D eigenvalue weighted by Gasteiger charge is -2.25. The molecule has 1 aromatic rings. The third kappa shape index (κ3) is 4.44. The number of rotatable bonds is 3. The van der Waals surface area contributed by atoms with E-state index in [1.54, 1.807) is 0 Å². The molecule has 1 fully saturated rings. The lowest BCUT2D eigenvalue weighted by Crippen LogP contribution is -2.37. The van der Waals surface area contributed by atoms with Gasteiger partial charge in [-0.2, -0.15) is 11.8 Å². The van der Waals surface area contributed by atoms with E-state index < -0.39 is 0 Å². The molecule has 0 amide bonds. The van der Waals surface area contributed by atoms with E-state index in [-0.39, 0.29) is 0 Å². The van der Waals surface area contributed by atoms with E-state index >= 15 is 0 Å². The number of hydrogen-bond donors (Lipinski definition) is 3. The van der Waals surface area contributed by atoms with Crippen molar-refractivity contribution in [3.8, 4) is 0 Å². The molecule has 5 heteroatoms. The van der Waals surface area contributed by atoms with Crippen LogP contribution in [0.15, 0.2) is 35.3 Å². The first-order valence-corrected chi connectivity index (χ1v) is 8.00. The average molecular weight is 278 g/mol. The zero-order valence-corrected chi connectivity index (χ0v) is 12.1. The minimum Gasteiger partial charge on any atom is -0.325 e. The smallest absolute Gasteiger partial charge is 0.210 e. The van der Waals surface area contributed by atoms with Crippen LogP contribution < -0.4 is 16.6 Å². The normalized spacial score (nSPS) is 24.0. The summed E-state index contributed by atoms with van der Waals surface area (Å²) in [7, 11) is 0. The molecular formula is C14H22N4S. The monoisotopic (exact) mass is 278 g/mol. The number of anilines is 1. The first-order chi connectivity index (χ1) is 9.31. The summed E-state index contributed by atoms with van der Waals surface area (Å²) in [5.41, 5.74) is 3.65. The van der Waals surface area contributed by atoms with Gasteiger partial charge in [0.05, 0.1) is 6.04 Å². The van der Waals surface area contributed by atoms with E-state index in [9.17, 15) is 0 Å². The summed E-state index contributed by atoms with van der Waals surface area (Å²) in [5.74, 6) is 6.20. The largest absolute Gasteiger partial charge is 0.325 e. The number of nitrogens with zero attached hydrogens (tertiary/aromatic N) is 1. The molecule has 1 aliphatic rings. The molecule has 1 saturated carbocycles. The van der Waals surface area contributed by atoms with E-state index in [2.05, 4.69) is 22.0 Å². The molecular weight excluding hydrogens is 256 g/mol. The van der Waals surface area contributed by atoms with Crippen molar-refractivity contribution in [2.45, 2.75) is 37.0 Å². The van der Waals surface area contributed by atoms with Crippen molar-refractivity contribution in [2.75, 3.05) is 11.6 Å². The van der Waals surface area contributed by atoms with Crippen LogP contribution in [0.5, 0.6) is 0 Å². The summed E-state index contributed by atoms with van der Waals surface area (Å²) < 4.78 is 0. The molecule has 1 aliphatic carbocycles. The SMILES string of the molecule is CSC1CCC(N=C(NN)Nc2ccccc2)CC1. The van der Waals surface area contributed by atoms with Crippen LogP contribution >= 0.6 is 11.8 Å². The van der Waals surface area contributed by atoms with Gasteiger partial charge >= 0.3 is 0 Å². The summed E-state index contributed by atoms with van der Waals surface area (Å²) >= 11 is 1.97. The van der Waals surface area contributed by atoms with Crippen molar-refractivity contribution in [2.24, 2.45) is 10.8 Å². The highest BCUT2D eigenvalue weighted by Crippen LogP contribution is 2.28. The number of thioether (sulfide) groups is 1. The summed E-state index contributed by atoms with van der Waals surface area (Å²) in [6.45, 7) is 0. The Bertz CT molecular complexity index is 399. The van der Waals surface area contributed by atoms with Gasteiger partial charge in [0.25, 0.3) is 0 Å². The zero-order valence-electron chi connectivity index (χ0n) is 11.3. The number of benzene rings is 1. The van der Waals surface area contributed by atoms with Crippen molar-refractivity contribution in [1.82, 2.24) is 5.43 Å². The lowest BCUT2D eigenvalue weighted by molar-refractivity contribution is 0.452. The Balaban J connectivity index is 1.92. The molecule has 0 aliphatic heterocycles. The molecule has 0 spiro atoms. The standard InChI is InChI=1S/C14H22N4S/c1-19-13-9-7-12(8-10-13)17-14(18-15)16-11-5-3-2-4-6-11/h2-6,12-13H,7-10,15H2,1H3,(H2,16,17,18). The van der Waals surface area contributed by atoms with Gasteiger partial charge in [0, 0.05) is 10.9 Å². The molecule has 1 aromatic carbocycles. The van der Waals surface area contributed by atoms with E-state index in [4.69, 9.17) is 5.84 Å². The van der Waals surface area contributed by atoms with Gasteiger partial charge in [-0.15, -0.1) is 0 Å². The Hall–Kier alpha value is -1.20. The van der Waals surface area contributed by atoms with Crippen molar-refractivity contribution in [3.05, 3.63) is 30.3 Å². The van der Waals surface area contributed by atoms with E-state index in [1.807, 2.05) is 42.1 Å². The molecule has 0 heterocycles. The fourth-order valence-corrected chi connectivity index (χ4v) is 3.10. The number of guanidine groups is 1. The highest BCUT2D eigenvalue weighted by atomic mass is 32.2. The van der Waals surface area contributed by atoms with Crippen LogP contribution in [0.25, 0.3) is 0 Å². The fraction of sp³-hybridized carbons (Fsp3) is 0.500. The maximum absolute atomic E-state index is 5.54. The van der Waals surface area contributed by atoms with Crippen LogP contribution in [-0.2, 0) is 0 Å². The third-order valence-electron chi connectivity index (χ3n) is 3.46. The second-order valence-electron chi connectivity index (χ2n) is 4.78. The average Bonchev–Trinajstić information content (AvgIpc) is 2.48. The number of hydrogen-bond acceptors (Lipinski definition) is 3. The van der Waals surface area contributed by atoms with Gasteiger partial charge in [0.15, 0.2) is 0 Å². The number of hydrazine groups is 1. The molecule has 104 valence electrons. The van der Waals surface area contributed by atoms with E-state index in [1.165, 1.54) is 12.8 Å². The number of para-hydroxylation sites is 1. The number of nitrogens with one attached hydrogen (secondary N) is 2. The molecule has 0 radical (unpaired) electrons. The number of aliphatic imine (C=N–C) groups is 1. The molecule has 0 saturated heterocycles. The van der Waals surface area contributed by atoms with Gasteiger partial charge in [0.2, 0.25) is 5.96 Å². The highest BCUT2D eigenvalue weighted by Gasteiger charge is 2.20. The van der Waals surface area contributed by atoms with E-state index in [0.717, 1.165) is 23.8 Å². The van der Waals surface area contributed by atoms with Crippen molar-refractivity contribution >= 4 is 23.4 Å². The molecule has 0 aromatic heterocycles. The molecule has 19 heavy (non-hydrogen) atoms. The Morgan fingerprint density at radius 2 is 1.89 bits per heavy atom. The van der Waals surface area contributed by atoms with Crippen molar-refractivity contribution < 1.29 is 0 Å². The van der Waals surface area contributed by atoms with Gasteiger partial charge in [0.1, 0.15) is 0 Å². The molecule has 0 unspecified atom stereocenters. The molecule has 0 atom stereocenters. The summed E-state index contributed by atoms with van der Waals surface area (Å²) in [4.78, 5) is 4.68. The minimum atomic E-state index is 0.380. The number of nitrogens with two attached hydrogens (primary N) is 1. The second kappa shape index (κ2) is 7.40. The first kappa shape index (κ1) is 14.2. The van der Waals surface area contributed by atoms with Crippen LogP contribution in [-0.4, -0.2) is 23.5 Å². The van der Waals surface area contributed by atoms with Crippen molar-refractivity contribution in [1.29, 1.82) is 0 Å². The van der Waals surface area contributed by atoms with Gasteiger partial charge in [-0.3, -0.25) is 5.43 Å². The van der Waals surface area contributed by atoms with Crippen LogP contribution in [0.2, 0.25) is 0 Å². The van der Waals surface area contributed by atoms with Crippen LogP contribution in [0, 0.1) is 0 Å². The van der Waals surface area contributed by atoms with Crippen LogP contribution in [0.1, 0.15) is 25.7 Å². The maximum Gasteiger partial charge on any atom is 0.210 e. The predicted molar refractivity (Wildman–Crippen MR) is 84.4 cm³/mol. The van der Waals surface area contributed by atoms with E-state index in [0.29, 0.717) is 12.0 Å². The minimum absolute atomic E-state index is 0.380. The molecule has 2 rings (SSSR count). The van der Waals surface area contributed by atoms with Gasteiger partial charge in [-0.1, -0.05) is 18.2 Å². The highest BCUT2D eigenvalue weighted by molar-refractivity contribution is 7.99. The predicted octanol–water partition coefficient (Wildman–Crippen LogP) is 2.59. The quantitative estimate of drug-likeness (QED) is 0.344. The first-order valence-electron chi connectivity index (χ1n) is 6.71. The van der Waals surface area contributed by atoms with Crippen LogP contribution in [0.4, 0.5) is 5.69 Å². The Morgan fingerprint density at radius 1 is 1.21 bits per heavy atom. The topological polar surface area (TPSA) is 62.4 Å². The Morgan fingerprint density at radius 3 is 2.47 bits per heavy atom. The Labute approximate surface area is 119 Å². The van der Waals surface area contributed by atoms with Crippen molar-refractivity contribution in [3.63, 3.8) is 0 Å². The molecule has 4 nitrogen and oxygen atoms in total. The molecule has 4 N–H and O–H groups in total. The second-order valence-corrected chi connectivity index (χ2v) is 5.92. The fourth-order valence-electron chi connectivity index (χ4n) is 2.36. The summed E-state index contributed by atoms with van der Waals surface area (Å²) in [6.07, 6.45) is 6.98. The van der Waals surface area contributed by atoms with Crippen LogP contribution in [0.3, 0.4) is 0 Å². The molecule has 0 bridgehead atoms. The van der Waals surface area contributed by atoms with Gasteiger partial charge < -0.3 is 5.32 Å². The summed E-state index contributed by atoms with van der Waals surface area (Å²) in [6, 6.07) is 10.3. The van der Waals surface area contributed by atoms with Gasteiger partial charge in [-0.25, -0.2) is 10.8 Å². The van der Waals surface area contributed by atoms with Gasteiger partial charge in [-0.05, 0) is 44.1 Å². The maximum atomic E-state index is 5.54. The zero-order chi connectivity index (χ0) is 13.5. The third-order valence-corrected chi connectivity index (χ3v) is 4.60. The summed E-state index contributed by atoms with van der Waals surface area (Å²) in [5, 5.41) is 4.02. The lowest BCUT2D eigenvalue weighted by atomic mass is 9.95.